The van der Waals surface area contributed by atoms with Gasteiger partial charge in [-0.1, -0.05) is 6.92 Å². The monoisotopic (exact) mass is 242 g/mol. The molecule has 17 heavy (non-hydrogen) atoms. The Bertz CT molecular complexity index is 221. The lowest BCUT2D eigenvalue weighted by atomic mass is 10.0. The molecular weight excluding hydrogens is 216 g/mol. The first kappa shape index (κ1) is 14.5. The topological polar surface area (TPSA) is 41.6 Å². The minimum Gasteiger partial charge on any atom is -0.467 e. The van der Waals surface area contributed by atoms with E-state index in [2.05, 4.69) is 31.0 Å². The molecule has 2 unspecified atom stereocenters. The Balaban J connectivity index is 2.25. The minimum absolute atomic E-state index is 0.495. The average molecular weight is 242 g/mol. The summed E-state index contributed by atoms with van der Waals surface area (Å²) in [6.45, 7) is 10.8. The Morgan fingerprint density at radius 1 is 1.47 bits per heavy atom. The van der Waals surface area contributed by atoms with E-state index in [-0.39, 0.29) is 0 Å². The van der Waals surface area contributed by atoms with Gasteiger partial charge < -0.3 is 10.1 Å². The predicted molar refractivity (Wildman–Crippen MR) is 68.9 cm³/mol. The Labute approximate surface area is 105 Å². The summed E-state index contributed by atoms with van der Waals surface area (Å²) >= 11 is 0. The van der Waals surface area contributed by atoms with E-state index in [1.54, 1.807) is 0 Å². The molecule has 4 nitrogen and oxygen atoms in total. The Morgan fingerprint density at radius 3 is 2.76 bits per heavy atom. The number of hydrogen-bond donors (Lipinski definition) is 1. The lowest BCUT2D eigenvalue weighted by Crippen LogP contribution is -2.38. The highest BCUT2D eigenvalue weighted by Gasteiger charge is 2.23. The van der Waals surface area contributed by atoms with Gasteiger partial charge in [-0.25, -0.2) is 0 Å². The summed E-state index contributed by atoms with van der Waals surface area (Å²) < 4.78 is 4.77. The molecule has 0 saturated carbocycles. The average Bonchev–Trinajstić information content (AvgIpc) is 2.69. The first-order valence-electron chi connectivity index (χ1n) is 6.67. The van der Waals surface area contributed by atoms with Crippen LogP contribution < -0.4 is 5.32 Å². The minimum atomic E-state index is 0.495. The normalized spacial score (nSPS) is 24.5. The van der Waals surface area contributed by atoms with Gasteiger partial charge in [0.1, 0.15) is 6.61 Å². The van der Waals surface area contributed by atoms with Crippen LogP contribution in [0.15, 0.2) is 0 Å². The van der Waals surface area contributed by atoms with Gasteiger partial charge in [0.25, 0.3) is 6.47 Å². The molecule has 0 bridgehead atoms. The van der Waals surface area contributed by atoms with E-state index in [0.717, 1.165) is 25.6 Å². The summed E-state index contributed by atoms with van der Waals surface area (Å²) in [4.78, 5) is 12.5. The maximum Gasteiger partial charge on any atom is 0.293 e. The van der Waals surface area contributed by atoms with Crippen molar-refractivity contribution in [3.05, 3.63) is 0 Å². The van der Waals surface area contributed by atoms with Crippen molar-refractivity contribution in [2.24, 2.45) is 5.92 Å². The van der Waals surface area contributed by atoms with E-state index in [1.807, 2.05) is 0 Å². The van der Waals surface area contributed by atoms with Crippen LogP contribution in [0.1, 0.15) is 33.6 Å². The molecule has 0 spiro atoms. The third-order valence-electron chi connectivity index (χ3n) is 3.72. The van der Waals surface area contributed by atoms with Crippen molar-refractivity contribution < 1.29 is 9.53 Å². The summed E-state index contributed by atoms with van der Waals surface area (Å²) in [6, 6.07) is 1.16. The van der Waals surface area contributed by atoms with Gasteiger partial charge in [0.2, 0.25) is 0 Å². The molecule has 1 rings (SSSR count). The molecule has 1 fully saturated rings. The van der Waals surface area contributed by atoms with Crippen molar-refractivity contribution in [3.8, 4) is 0 Å². The number of hydrogen-bond acceptors (Lipinski definition) is 4. The summed E-state index contributed by atoms with van der Waals surface area (Å²) in [7, 11) is 0. The fourth-order valence-electron chi connectivity index (χ4n) is 2.44. The molecule has 0 aromatic carbocycles. The van der Waals surface area contributed by atoms with Gasteiger partial charge in [0, 0.05) is 25.2 Å². The largest absolute Gasteiger partial charge is 0.467 e. The molecule has 0 aliphatic carbocycles. The fraction of sp³-hybridized carbons (Fsp3) is 0.923. The zero-order valence-electron chi connectivity index (χ0n) is 11.3. The van der Waals surface area contributed by atoms with E-state index in [0.29, 0.717) is 25.2 Å². The Hall–Kier alpha value is -0.610. The molecule has 4 heteroatoms. The van der Waals surface area contributed by atoms with Crippen LogP contribution >= 0.6 is 0 Å². The molecule has 1 saturated heterocycles. The molecule has 1 heterocycles. The van der Waals surface area contributed by atoms with Crippen molar-refractivity contribution in [2.75, 3.05) is 26.2 Å². The van der Waals surface area contributed by atoms with Crippen LogP contribution in [0, 0.1) is 5.92 Å². The van der Waals surface area contributed by atoms with Gasteiger partial charge in [-0.2, -0.15) is 0 Å². The van der Waals surface area contributed by atoms with Gasteiger partial charge in [-0.05, 0) is 39.2 Å². The number of nitrogens with one attached hydrogen (secondary N) is 1. The third kappa shape index (κ3) is 5.04. The molecule has 0 amide bonds. The van der Waals surface area contributed by atoms with Crippen LogP contribution in [-0.4, -0.2) is 49.7 Å². The maximum atomic E-state index is 10.1. The third-order valence-corrected chi connectivity index (χ3v) is 3.72. The Morgan fingerprint density at radius 2 is 2.24 bits per heavy atom. The molecule has 0 aromatic rings. The van der Waals surface area contributed by atoms with E-state index in [1.165, 1.54) is 12.8 Å². The Kier molecular flexibility index (Phi) is 6.52. The summed E-state index contributed by atoms with van der Waals surface area (Å²) in [5, 5.41) is 3.55. The summed E-state index contributed by atoms with van der Waals surface area (Å²) in [5.41, 5.74) is 0. The van der Waals surface area contributed by atoms with Crippen molar-refractivity contribution in [1.29, 1.82) is 0 Å². The van der Waals surface area contributed by atoms with E-state index < -0.39 is 0 Å². The summed E-state index contributed by atoms with van der Waals surface area (Å²) in [5.74, 6) is 0.787. The highest BCUT2D eigenvalue weighted by atomic mass is 16.5. The van der Waals surface area contributed by atoms with Crippen LogP contribution in [0.2, 0.25) is 0 Å². The van der Waals surface area contributed by atoms with E-state index >= 15 is 0 Å². The lowest BCUT2D eigenvalue weighted by Gasteiger charge is -2.28. The SMILES string of the molecule is CC1CCNC1CCN(CCOC=O)C(C)C. The number of nitrogens with zero attached hydrogens (tertiary/aromatic N) is 1. The van der Waals surface area contributed by atoms with Crippen molar-refractivity contribution in [3.63, 3.8) is 0 Å². The van der Waals surface area contributed by atoms with Crippen LogP contribution in [0.3, 0.4) is 0 Å². The lowest BCUT2D eigenvalue weighted by molar-refractivity contribution is -0.129. The van der Waals surface area contributed by atoms with Gasteiger partial charge in [0.05, 0.1) is 0 Å². The number of carbonyl (C=O) groups is 1. The molecule has 1 aliphatic heterocycles. The van der Waals surface area contributed by atoms with E-state index in [9.17, 15) is 4.79 Å². The predicted octanol–water partition coefficient (Wildman–Crippen LogP) is 1.26. The van der Waals surface area contributed by atoms with Crippen molar-refractivity contribution in [2.45, 2.75) is 45.7 Å². The highest BCUT2D eigenvalue weighted by molar-refractivity contribution is 5.36. The van der Waals surface area contributed by atoms with Crippen LogP contribution in [0.5, 0.6) is 0 Å². The molecule has 0 radical (unpaired) electrons. The second kappa shape index (κ2) is 7.67. The molecule has 100 valence electrons. The van der Waals surface area contributed by atoms with Gasteiger partial charge in [-0.15, -0.1) is 0 Å². The smallest absolute Gasteiger partial charge is 0.293 e. The standard InChI is InChI=1S/C13H26N2O2/c1-11(2)15(8-9-17-10-16)7-5-13-12(3)4-6-14-13/h10-14H,4-9H2,1-3H3. The zero-order chi connectivity index (χ0) is 12.7. The first-order valence-corrected chi connectivity index (χ1v) is 6.67. The fourth-order valence-corrected chi connectivity index (χ4v) is 2.44. The second-order valence-electron chi connectivity index (χ2n) is 5.21. The van der Waals surface area contributed by atoms with Crippen LogP contribution in [0.25, 0.3) is 0 Å². The maximum absolute atomic E-state index is 10.1. The molecule has 2 atom stereocenters. The molecule has 0 aromatic heterocycles. The highest BCUT2D eigenvalue weighted by Crippen LogP contribution is 2.17. The number of carbonyl (C=O) groups excluding carboxylic acids is 1. The van der Waals surface area contributed by atoms with Gasteiger partial charge in [0.15, 0.2) is 0 Å². The second-order valence-corrected chi connectivity index (χ2v) is 5.21. The van der Waals surface area contributed by atoms with Crippen molar-refractivity contribution in [1.82, 2.24) is 10.2 Å². The van der Waals surface area contributed by atoms with Crippen LogP contribution in [0.4, 0.5) is 0 Å². The van der Waals surface area contributed by atoms with Crippen molar-refractivity contribution >= 4 is 6.47 Å². The number of rotatable bonds is 8. The first-order chi connectivity index (χ1) is 8.15. The number of ether oxygens (including phenoxy) is 1. The summed E-state index contributed by atoms with van der Waals surface area (Å²) in [6.07, 6.45) is 2.47. The van der Waals surface area contributed by atoms with E-state index in [4.69, 9.17) is 4.74 Å². The molecular formula is C13H26N2O2. The zero-order valence-corrected chi connectivity index (χ0v) is 11.3. The van der Waals surface area contributed by atoms with Gasteiger partial charge >= 0.3 is 0 Å². The van der Waals surface area contributed by atoms with Crippen LogP contribution in [-0.2, 0) is 9.53 Å². The molecule has 1 N–H and O–H groups in total. The molecule has 1 aliphatic rings. The quantitative estimate of drug-likeness (QED) is 0.514. The van der Waals surface area contributed by atoms with Gasteiger partial charge in [-0.3, -0.25) is 9.69 Å².